The fraction of sp³-hybridized carbons (Fsp3) is 0.154. The molecule has 3 rings (SSSR count). The summed E-state index contributed by atoms with van der Waals surface area (Å²) in [6, 6.07) is 14.6. The number of amides is 1. The number of nitrogens with one attached hydrogen (secondary N) is 1. The molecule has 0 fully saturated rings. The number of halogens is 1. The number of ether oxygens (including phenoxy) is 2. The van der Waals surface area contributed by atoms with Gasteiger partial charge in [-0.2, -0.15) is 5.10 Å². The van der Waals surface area contributed by atoms with E-state index in [1.165, 1.54) is 50.6 Å². The SMILES string of the molecule is C=CCOc1cccc(/C=N\NC(=O)CN(c2cc(Cl)ccc2OC)S(=O)(=O)c2ccc(C)c([N+](=O)[O-])c2)c1. The zero-order valence-corrected chi connectivity index (χ0v) is 22.6. The van der Waals surface area contributed by atoms with E-state index in [0.717, 1.165) is 10.4 Å². The number of nitro benzene ring substituents is 1. The van der Waals surface area contributed by atoms with Crippen molar-refractivity contribution in [1.29, 1.82) is 0 Å². The van der Waals surface area contributed by atoms with E-state index >= 15 is 0 Å². The third kappa shape index (κ3) is 7.33. The Labute approximate surface area is 230 Å². The summed E-state index contributed by atoms with van der Waals surface area (Å²) in [5.41, 5.74) is 2.76. The van der Waals surface area contributed by atoms with Crippen LogP contribution in [0.2, 0.25) is 5.02 Å². The van der Waals surface area contributed by atoms with Gasteiger partial charge in [0.05, 0.1) is 28.8 Å². The molecule has 204 valence electrons. The third-order valence-corrected chi connectivity index (χ3v) is 7.28. The van der Waals surface area contributed by atoms with Crippen molar-refractivity contribution in [2.24, 2.45) is 5.10 Å². The van der Waals surface area contributed by atoms with Crippen molar-refractivity contribution in [2.45, 2.75) is 11.8 Å². The molecular formula is C26H25ClN4O7S. The number of hydrazone groups is 1. The van der Waals surface area contributed by atoms with Crippen molar-refractivity contribution in [1.82, 2.24) is 5.43 Å². The van der Waals surface area contributed by atoms with E-state index < -0.39 is 32.3 Å². The summed E-state index contributed by atoms with van der Waals surface area (Å²) in [4.78, 5) is 23.2. The normalized spacial score (nSPS) is 11.2. The van der Waals surface area contributed by atoms with E-state index in [4.69, 9.17) is 21.1 Å². The molecule has 0 saturated heterocycles. The van der Waals surface area contributed by atoms with Gasteiger partial charge in [-0.25, -0.2) is 13.8 Å². The van der Waals surface area contributed by atoms with Crippen LogP contribution in [0.25, 0.3) is 0 Å². The van der Waals surface area contributed by atoms with Crippen molar-refractivity contribution in [3.8, 4) is 11.5 Å². The largest absolute Gasteiger partial charge is 0.495 e. The first kappa shape index (κ1) is 29.1. The van der Waals surface area contributed by atoms with Crippen molar-refractivity contribution < 1.29 is 27.6 Å². The highest BCUT2D eigenvalue weighted by Gasteiger charge is 2.31. The Bertz CT molecular complexity index is 1530. The van der Waals surface area contributed by atoms with Crippen LogP contribution in [-0.4, -0.2) is 45.7 Å². The molecule has 0 saturated carbocycles. The fourth-order valence-corrected chi connectivity index (χ4v) is 5.03. The molecule has 39 heavy (non-hydrogen) atoms. The molecule has 0 aliphatic carbocycles. The molecule has 11 nitrogen and oxygen atoms in total. The van der Waals surface area contributed by atoms with Gasteiger partial charge in [0.15, 0.2) is 0 Å². The molecule has 0 heterocycles. The minimum Gasteiger partial charge on any atom is -0.495 e. The number of anilines is 1. The minimum atomic E-state index is -4.51. The number of nitrogens with zero attached hydrogens (tertiary/aromatic N) is 3. The molecule has 0 aliphatic rings. The molecule has 3 aromatic carbocycles. The van der Waals surface area contributed by atoms with Crippen molar-refractivity contribution >= 4 is 45.1 Å². The maximum atomic E-state index is 13.7. The molecule has 3 aromatic rings. The summed E-state index contributed by atoms with van der Waals surface area (Å²) in [5.74, 6) is -0.113. The Morgan fingerprint density at radius 1 is 1.21 bits per heavy atom. The first-order valence-electron chi connectivity index (χ1n) is 11.3. The van der Waals surface area contributed by atoms with Crippen LogP contribution < -0.4 is 19.2 Å². The molecule has 0 bridgehead atoms. The summed E-state index contributed by atoms with van der Waals surface area (Å²) >= 11 is 6.13. The molecule has 0 spiro atoms. The lowest BCUT2D eigenvalue weighted by atomic mass is 10.2. The monoisotopic (exact) mass is 572 g/mol. The lowest BCUT2D eigenvalue weighted by Crippen LogP contribution is -2.39. The topological polar surface area (TPSA) is 140 Å². The predicted octanol–water partition coefficient (Wildman–Crippen LogP) is 4.48. The number of sulfonamides is 1. The average molecular weight is 573 g/mol. The van der Waals surface area contributed by atoms with E-state index in [0.29, 0.717) is 17.9 Å². The van der Waals surface area contributed by atoms with Gasteiger partial charge >= 0.3 is 0 Å². The molecule has 0 radical (unpaired) electrons. The zero-order chi connectivity index (χ0) is 28.6. The molecule has 0 unspecified atom stereocenters. The standard InChI is InChI=1S/C26H25ClN4O7S/c1-4-12-38-21-7-5-6-19(13-21)16-28-29-26(32)17-30(24-14-20(27)9-11-25(24)37-3)39(35,36)22-10-8-18(2)23(15-22)31(33)34/h4-11,13-16H,1,12,17H2,2-3H3,(H,29,32)/b28-16-. The highest BCUT2D eigenvalue weighted by molar-refractivity contribution is 7.92. The average Bonchev–Trinajstić information content (AvgIpc) is 2.90. The Morgan fingerprint density at radius 2 is 1.97 bits per heavy atom. The minimum absolute atomic E-state index is 0.0422. The van der Waals surface area contributed by atoms with Crippen LogP contribution in [0.5, 0.6) is 11.5 Å². The fourth-order valence-electron chi connectivity index (χ4n) is 3.42. The van der Waals surface area contributed by atoms with Crippen molar-refractivity contribution in [3.05, 3.63) is 99.6 Å². The van der Waals surface area contributed by atoms with Gasteiger partial charge < -0.3 is 9.47 Å². The van der Waals surface area contributed by atoms with Gasteiger partial charge in [-0.15, -0.1) is 0 Å². The molecule has 1 N–H and O–H groups in total. The molecule has 1 amide bonds. The van der Waals surface area contributed by atoms with Gasteiger partial charge in [-0.1, -0.05) is 42.5 Å². The quantitative estimate of drug-likeness (QED) is 0.146. The second kappa shape index (κ2) is 12.9. The number of carbonyl (C=O) groups excluding carboxylic acids is 1. The summed E-state index contributed by atoms with van der Waals surface area (Å²) in [7, 11) is -3.19. The lowest BCUT2D eigenvalue weighted by molar-refractivity contribution is -0.385. The van der Waals surface area contributed by atoms with E-state index in [9.17, 15) is 23.3 Å². The number of methoxy groups -OCH3 is 1. The summed E-state index contributed by atoms with van der Waals surface area (Å²) in [6.07, 6.45) is 2.96. The highest BCUT2D eigenvalue weighted by Crippen LogP contribution is 2.35. The number of hydrogen-bond donors (Lipinski definition) is 1. The van der Waals surface area contributed by atoms with Gasteiger partial charge in [0.1, 0.15) is 24.7 Å². The molecule has 0 aliphatic heterocycles. The van der Waals surface area contributed by atoms with E-state index in [2.05, 4.69) is 17.1 Å². The van der Waals surface area contributed by atoms with Gasteiger partial charge in [-0.3, -0.25) is 19.2 Å². The molecular weight excluding hydrogens is 548 g/mol. The zero-order valence-electron chi connectivity index (χ0n) is 21.0. The van der Waals surface area contributed by atoms with Crippen molar-refractivity contribution in [2.75, 3.05) is 24.6 Å². The maximum absolute atomic E-state index is 13.7. The highest BCUT2D eigenvalue weighted by atomic mass is 35.5. The van der Waals surface area contributed by atoms with E-state index in [1.54, 1.807) is 30.3 Å². The van der Waals surface area contributed by atoms with Crippen LogP contribution in [0.15, 0.2) is 83.3 Å². The van der Waals surface area contributed by atoms with Crippen LogP contribution in [0, 0.1) is 17.0 Å². The number of hydrogen-bond acceptors (Lipinski definition) is 8. The Morgan fingerprint density at radius 3 is 2.67 bits per heavy atom. The summed E-state index contributed by atoms with van der Waals surface area (Å²) in [6.45, 7) is 4.66. The second-order valence-electron chi connectivity index (χ2n) is 8.00. The second-order valence-corrected chi connectivity index (χ2v) is 10.3. The molecule has 13 heteroatoms. The van der Waals surface area contributed by atoms with E-state index in [-0.39, 0.29) is 27.7 Å². The van der Waals surface area contributed by atoms with Gasteiger partial charge in [0.25, 0.3) is 21.6 Å². The number of nitro groups is 1. The van der Waals surface area contributed by atoms with Crippen LogP contribution in [0.3, 0.4) is 0 Å². The number of carbonyl (C=O) groups is 1. The number of benzene rings is 3. The van der Waals surface area contributed by atoms with Gasteiger partial charge in [0, 0.05) is 16.7 Å². The first-order valence-corrected chi connectivity index (χ1v) is 13.2. The molecule has 0 atom stereocenters. The van der Waals surface area contributed by atoms with Crippen molar-refractivity contribution in [3.63, 3.8) is 0 Å². The van der Waals surface area contributed by atoms with E-state index in [1.807, 2.05) is 0 Å². The Kier molecular flexibility index (Phi) is 9.63. The summed E-state index contributed by atoms with van der Waals surface area (Å²) in [5, 5.41) is 15.5. The lowest BCUT2D eigenvalue weighted by Gasteiger charge is -2.25. The Balaban J connectivity index is 1.94. The number of aryl methyl sites for hydroxylation is 1. The van der Waals surface area contributed by atoms with Crippen LogP contribution in [0.4, 0.5) is 11.4 Å². The predicted molar refractivity (Wildman–Crippen MR) is 148 cm³/mol. The smallest absolute Gasteiger partial charge is 0.273 e. The van der Waals surface area contributed by atoms with Gasteiger partial charge in [0.2, 0.25) is 0 Å². The summed E-state index contributed by atoms with van der Waals surface area (Å²) < 4.78 is 38.9. The first-order chi connectivity index (χ1) is 18.6. The van der Waals surface area contributed by atoms with Crippen LogP contribution >= 0.6 is 11.6 Å². The Hall–Kier alpha value is -4.42. The number of rotatable bonds is 12. The molecule has 0 aromatic heterocycles. The van der Waals surface area contributed by atoms with Crippen LogP contribution in [-0.2, 0) is 14.8 Å². The maximum Gasteiger partial charge on any atom is 0.273 e. The van der Waals surface area contributed by atoms with Crippen LogP contribution in [0.1, 0.15) is 11.1 Å². The van der Waals surface area contributed by atoms with Gasteiger partial charge in [-0.05, 0) is 48.9 Å². The third-order valence-electron chi connectivity index (χ3n) is 5.29.